The Bertz CT molecular complexity index is 347. The van der Waals surface area contributed by atoms with Gasteiger partial charge in [-0.15, -0.1) is 6.58 Å². The van der Waals surface area contributed by atoms with Crippen LogP contribution in [0.3, 0.4) is 0 Å². The van der Waals surface area contributed by atoms with E-state index in [1.54, 1.807) is 0 Å². The maximum absolute atomic E-state index is 12.8. The van der Waals surface area contributed by atoms with Crippen LogP contribution in [0.2, 0.25) is 0 Å². The van der Waals surface area contributed by atoms with Crippen molar-refractivity contribution in [1.29, 1.82) is 0 Å². The molecule has 0 aromatic heterocycles. The highest BCUT2D eigenvalue weighted by Crippen LogP contribution is 2.36. The van der Waals surface area contributed by atoms with Crippen molar-refractivity contribution < 1.29 is 4.79 Å². The van der Waals surface area contributed by atoms with Crippen LogP contribution < -0.4 is 0 Å². The Balaban J connectivity index is 3.18. The van der Waals surface area contributed by atoms with Gasteiger partial charge < -0.3 is 0 Å². The van der Waals surface area contributed by atoms with E-state index in [1.807, 2.05) is 13.0 Å². The zero-order chi connectivity index (χ0) is 15.1. The number of likely N-dealkylation sites (tertiary alicyclic amines) is 1. The molecule has 4 atom stereocenters. The fourth-order valence-corrected chi connectivity index (χ4v) is 3.74. The lowest BCUT2D eigenvalue weighted by Gasteiger charge is -2.48. The maximum Gasteiger partial charge on any atom is 0.142 e. The topological polar surface area (TPSA) is 20.3 Å². The van der Waals surface area contributed by atoms with Crippen LogP contribution in [-0.2, 0) is 4.79 Å². The molecule has 114 valence electrons. The van der Waals surface area contributed by atoms with Gasteiger partial charge in [0.2, 0.25) is 0 Å². The van der Waals surface area contributed by atoms with E-state index in [1.165, 1.54) is 0 Å². The fourth-order valence-electron chi connectivity index (χ4n) is 3.74. The lowest BCUT2D eigenvalue weighted by Crippen LogP contribution is -2.58. The predicted molar refractivity (Wildman–Crippen MR) is 86.8 cm³/mol. The third-order valence-electron chi connectivity index (χ3n) is 4.61. The van der Waals surface area contributed by atoms with Gasteiger partial charge in [-0.3, -0.25) is 9.69 Å². The summed E-state index contributed by atoms with van der Waals surface area (Å²) in [6, 6.07) is 0.620. The molecule has 0 aromatic carbocycles. The summed E-state index contributed by atoms with van der Waals surface area (Å²) in [5.74, 6) is 0.822. The number of allylic oxidation sites excluding steroid dienone is 1. The minimum absolute atomic E-state index is 0.143. The number of rotatable bonds is 7. The summed E-state index contributed by atoms with van der Waals surface area (Å²) in [5.41, 5.74) is 0. The van der Waals surface area contributed by atoms with Gasteiger partial charge in [-0.05, 0) is 26.2 Å². The van der Waals surface area contributed by atoms with Gasteiger partial charge in [0.1, 0.15) is 5.78 Å². The van der Waals surface area contributed by atoms with Gasteiger partial charge in [-0.2, -0.15) is 0 Å². The molecule has 0 unspecified atom stereocenters. The van der Waals surface area contributed by atoms with Crippen molar-refractivity contribution in [2.45, 2.75) is 65.5 Å². The van der Waals surface area contributed by atoms with E-state index in [2.05, 4.69) is 44.4 Å². The van der Waals surface area contributed by atoms with Crippen molar-refractivity contribution in [3.05, 3.63) is 24.8 Å². The molecule has 0 spiro atoms. The molecule has 1 aliphatic heterocycles. The summed E-state index contributed by atoms with van der Waals surface area (Å²) < 4.78 is 0. The van der Waals surface area contributed by atoms with E-state index >= 15 is 0 Å². The molecule has 20 heavy (non-hydrogen) atoms. The first kappa shape index (κ1) is 17.2. The molecule has 0 saturated carbocycles. The first-order valence-corrected chi connectivity index (χ1v) is 8.19. The summed E-state index contributed by atoms with van der Waals surface area (Å²) >= 11 is 0. The average Bonchev–Trinajstić information content (AvgIpc) is 2.44. The number of hydrogen-bond acceptors (Lipinski definition) is 2. The van der Waals surface area contributed by atoms with Crippen LogP contribution >= 0.6 is 0 Å². The van der Waals surface area contributed by atoms with Crippen LogP contribution in [0.25, 0.3) is 0 Å². The normalized spacial score (nSPS) is 31.9. The number of Topliss-reactive ketones (excluding diaryl/α,β-unsaturated/α-hetero) is 1. The summed E-state index contributed by atoms with van der Waals surface area (Å²) in [6.07, 6.45) is 10.4. The minimum Gasteiger partial charge on any atom is -0.299 e. The van der Waals surface area contributed by atoms with Crippen LogP contribution in [0, 0.1) is 11.8 Å². The Morgan fingerprint density at radius 2 is 1.85 bits per heavy atom. The molecule has 1 rings (SSSR count). The van der Waals surface area contributed by atoms with E-state index in [0.29, 0.717) is 11.8 Å². The lowest BCUT2D eigenvalue weighted by atomic mass is 9.73. The van der Waals surface area contributed by atoms with E-state index in [4.69, 9.17) is 0 Å². The van der Waals surface area contributed by atoms with Crippen molar-refractivity contribution >= 4 is 5.78 Å². The van der Waals surface area contributed by atoms with Gasteiger partial charge in [-0.1, -0.05) is 45.4 Å². The lowest BCUT2D eigenvalue weighted by molar-refractivity contribution is -0.137. The molecule has 0 N–H and O–H groups in total. The minimum atomic E-state index is 0.143. The van der Waals surface area contributed by atoms with Gasteiger partial charge in [0, 0.05) is 30.5 Å². The zero-order valence-electron chi connectivity index (χ0n) is 13.6. The van der Waals surface area contributed by atoms with E-state index in [9.17, 15) is 4.79 Å². The summed E-state index contributed by atoms with van der Waals surface area (Å²) in [6.45, 7) is 13.3. The molecular formula is C18H31NO. The maximum atomic E-state index is 12.8. The molecule has 1 fully saturated rings. The molecule has 0 amide bonds. The second-order valence-electron chi connectivity index (χ2n) is 5.79. The number of nitrogens with zero attached hydrogens (tertiary/aromatic N) is 1. The van der Waals surface area contributed by atoms with Crippen LogP contribution in [-0.4, -0.2) is 29.3 Å². The largest absolute Gasteiger partial charge is 0.299 e. The van der Waals surface area contributed by atoms with Gasteiger partial charge in [-0.25, -0.2) is 0 Å². The molecule has 0 bridgehead atoms. The number of hydrogen-bond donors (Lipinski definition) is 0. The summed E-state index contributed by atoms with van der Waals surface area (Å²) in [7, 11) is 0. The molecule has 0 aliphatic carbocycles. The first-order valence-electron chi connectivity index (χ1n) is 8.19. The monoisotopic (exact) mass is 277 g/mol. The first-order chi connectivity index (χ1) is 9.65. The van der Waals surface area contributed by atoms with E-state index in [-0.39, 0.29) is 17.9 Å². The van der Waals surface area contributed by atoms with Crippen LogP contribution in [0.4, 0.5) is 0 Å². The van der Waals surface area contributed by atoms with Crippen molar-refractivity contribution in [3.8, 4) is 0 Å². The Morgan fingerprint density at radius 3 is 2.30 bits per heavy atom. The van der Waals surface area contributed by atoms with Crippen LogP contribution in [0.15, 0.2) is 24.8 Å². The van der Waals surface area contributed by atoms with Gasteiger partial charge >= 0.3 is 0 Å². The van der Waals surface area contributed by atoms with Crippen molar-refractivity contribution in [1.82, 2.24) is 4.90 Å². The smallest absolute Gasteiger partial charge is 0.142 e. The Kier molecular flexibility index (Phi) is 7.22. The quantitative estimate of drug-likeness (QED) is 0.649. The fraction of sp³-hybridized carbons (Fsp3) is 0.722. The number of carbonyl (C=O) groups excluding carboxylic acids is 1. The molecule has 0 radical (unpaired) electrons. The molecule has 1 saturated heterocycles. The number of carbonyl (C=O) groups is 1. The molecular weight excluding hydrogens is 246 g/mol. The number of ketones is 1. The third-order valence-corrected chi connectivity index (χ3v) is 4.61. The Labute approximate surface area is 124 Å². The number of piperidine rings is 1. The zero-order valence-corrected chi connectivity index (χ0v) is 13.6. The van der Waals surface area contributed by atoms with Crippen LogP contribution in [0.1, 0.15) is 53.4 Å². The highest BCUT2D eigenvalue weighted by molar-refractivity contribution is 5.86. The van der Waals surface area contributed by atoms with E-state index < -0.39 is 0 Å². The molecule has 2 nitrogen and oxygen atoms in total. The van der Waals surface area contributed by atoms with Crippen molar-refractivity contribution in [2.24, 2.45) is 11.8 Å². The predicted octanol–water partition coefficient (Wildman–Crippen LogP) is 4.22. The van der Waals surface area contributed by atoms with E-state index in [0.717, 1.165) is 32.2 Å². The molecule has 0 aromatic rings. The third kappa shape index (κ3) is 3.41. The highest BCUT2D eigenvalue weighted by atomic mass is 16.1. The van der Waals surface area contributed by atoms with Crippen molar-refractivity contribution in [2.75, 3.05) is 6.54 Å². The molecule has 1 heterocycles. The SMILES string of the molecule is C=CCN1[C@H](CCC)[C@H](CC)C(=O)[C@@H](CC)[C@@H]1/C=C/C. The standard InChI is InChI=1S/C18H31NO/c1-6-11-16-14(9-4)18(20)15(10-5)17(12-7-2)19(16)13-8-3/h6,8,11,14-17H,3,7,9-10,12-13H2,1-2,4-5H3/b11-6+/t14-,15-,16-,17+/m0/s1. The highest BCUT2D eigenvalue weighted by Gasteiger charge is 2.44. The molecule has 2 heteroatoms. The van der Waals surface area contributed by atoms with Gasteiger partial charge in [0.15, 0.2) is 0 Å². The van der Waals surface area contributed by atoms with Crippen molar-refractivity contribution in [3.63, 3.8) is 0 Å². The second kappa shape index (κ2) is 8.41. The second-order valence-corrected chi connectivity index (χ2v) is 5.79. The summed E-state index contributed by atoms with van der Waals surface area (Å²) in [5, 5.41) is 0. The van der Waals surface area contributed by atoms with Crippen LogP contribution in [0.5, 0.6) is 0 Å². The summed E-state index contributed by atoms with van der Waals surface area (Å²) in [4.78, 5) is 15.3. The Morgan fingerprint density at radius 1 is 1.20 bits per heavy atom. The average molecular weight is 277 g/mol. The molecule has 1 aliphatic rings. The van der Waals surface area contributed by atoms with Gasteiger partial charge in [0.25, 0.3) is 0 Å². The Hall–Kier alpha value is -0.890. The van der Waals surface area contributed by atoms with Gasteiger partial charge in [0.05, 0.1) is 0 Å².